The Hall–Kier alpha value is -3.22. The number of hydrogen-bond donors (Lipinski definition) is 1. The Morgan fingerprint density at radius 2 is 2.04 bits per heavy atom. The first-order chi connectivity index (χ1) is 12.5. The summed E-state index contributed by atoms with van der Waals surface area (Å²) in [6, 6.07) is 13.0. The maximum absolute atomic E-state index is 13.4. The van der Waals surface area contributed by atoms with Crippen LogP contribution in [0.25, 0.3) is 22.8 Å². The molecule has 26 heavy (non-hydrogen) atoms. The first kappa shape index (κ1) is 17.6. The number of benzene rings is 2. The van der Waals surface area contributed by atoms with Crippen molar-refractivity contribution in [1.29, 1.82) is 0 Å². The lowest BCUT2D eigenvalue weighted by atomic mass is 10.2. The molecule has 0 aliphatic carbocycles. The van der Waals surface area contributed by atoms with E-state index in [1.54, 1.807) is 36.4 Å². The third-order valence-electron chi connectivity index (χ3n) is 3.43. The third-order valence-corrected chi connectivity index (χ3v) is 3.43. The first-order valence-electron chi connectivity index (χ1n) is 8.14. The Morgan fingerprint density at radius 3 is 2.81 bits per heavy atom. The number of halogens is 1. The number of hydrogen-bond acceptors (Lipinski definition) is 5. The molecule has 0 saturated carbocycles. The summed E-state index contributed by atoms with van der Waals surface area (Å²) in [5.74, 6) is 0.347. The van der Waals surface area contributed by atoms with E-state index in [4.69, 9.17) is 9.26 Å². The molecule has 6 nitrogen and oxygen atoms in total. The fraction of sp³-hybridized carbons (Fsp3) is 0.211. The van der Waals surface area contributed by atoms with Crippen molar-refractivity contribution in [1.82, 2.24) is 15.5 Å². The minimum Gasteiger partial charge on any atom is -0.483 e. The van der Waals surface area contributed by atoms with E-state index in [1.807, 2.05) is 13.8 Å². The zero-order valence-corrected chi connectivity index (χ0v) is 14.4. The molecule has 0 bridgehead atoms. The summed E-state index contributed by atoms with van der Waals surface area (Å²) >= 11 is 0. The van der Waals surface area contributed by atoms with Crippen molar-refractivity contribution < 1.29 is 18.4 Å². The van der Waals surface area contributed by atoms with Gasteiger partial charge in [0.15, 0.2) is 6.61 Å². The maximum Gasteiger partial charge on any atom is 0.258 e. The van der Waals surface area contributed by atoms with E-state index >= 15 is 0 Å². The maximum atomic E-state index is 13.4. The second kappa shape index (κ2) is 7.77. The van der Waals surface area contributed by atoms with Gasteiger partial charge in [-0.05, 0) is 44.2 Å². The number of nitrogens with one attached hydrogen (secondary N) is 1. The molecule has 3 aromatic rings. The molecule has 0 unspecified atom stereocenters. The Balaban J connectivity index is 1.81. The quantitative estimate of drug-likeness (QED) is 0.733. The van der Waals surface area contributed by atoms with Gasteiger partial charge in [-0.25, -0.2) is 4.39 Å². The smallest absolute Gasteiger partial charge is 0.258 e. The summed E-state index contributed by atoms with van der Waals surface area (Å²) in [6.07, 6.45) is 0. The number of rotatable bonds is 6. The van der Waals surface area contributed by atoms with Crippen molar-refractivity contribution in [2.45, 2.75) is 19.9 Å². The number of nitrogens with zero attached hydrogens (tertiary/aromatic N) is 2. The zero-order chi connectivity index (χ0) is 18.5. The number of amides is 1. The van der Waals surface area contributed by atoms with E-state index in [2.05, 4.69) is 15.5 Å². The first-order valence-corrected chi connectivity index (χ1v) is 8.14. The fourth-order valence-electron chi connectivity index (χ4n) is 2.36. The average Bonchev–Trinajstić information content (AvgIpc) is 3.09. The van der Waals surface area contributed by atoms with Gasteiger partial charge in [-0.3, -0.25) is 4.79 Å². The van der Waals surface area contributed by atoms with Crippen molar-refractivity contribution in [3.8, 4) is 28.6 Å². The van der Waals surface area contributed by atoms with E-state index < -0.39 is 0 Å². The van der Waals surface area contributed by atoms with E-state index in [0.29, 0.717) is 22.7 Å². The average molecular weight is 355 g/mol. The molecule has 7 heteroatoms. The molecule has 0 aliphatic heterocycles. The molecule has 0 aliphatic rings. The van der Waals surface area contributed by atoms with E-state index in [0.717, 1.165) is 0 Å². The van der Waals surface area contributed by atoms with E-state index in [9.17, 15) is 9.18 Å². The summed E-state index contributed by atoms with van der Waals surface area (Å²) in [6.45, 7) is 3.63. The van der Waals surface area contributed by atoms with Gasteiger partial charge in [0, 0.05) is 11.6 Å². The number of carbonyl (C=O) groups excluding carboxylic acids is 1. The lowest BCUT2D eigenvalue weighted by molar-refractivity contribution is -0.123. The van der Waals surface area contributed by atoms with Crippen molar-refractivity contribution in [2.24, 2.45) is 0 Å². The molecule has 0 saturated heterocycles. The summed E-state index contributed by atoms with van der Waals surface area (Å²) < 4.78 is 24.2. The lowest BCUT2D eigenvalue weighted by Crippen LogP contribution is -2.34. The molecule has 3 rings (SSSR count). The van der Waals surface area contributed by atoms with Crippen LogP contribution in [0.1, 0.15) is 13.8 Å². The van der Waals surface area contributed by atoms with Gasteiger partial charge in [0.05, 0.1) is 5.56 Å². The number of aromatic nitrogens is 2. The normalized spacial score (nSPS) is 10.8. The van der Waals surface area contributed by atoms with Gasteiger partial charge in [-0.15, -0.1) is 0 Å². The molecule has 1 heterocycles. The van der Waals surface area contributed by atoms with E-state index in [-0.39, 0.29) is 30.3 Å². The van der Waals surface area contributed by atoms with Crippen LogP contribution in [0, 0.1) is 5.82 Å². The summed E-state index contributed by atoms with van der Waals surface area (Å²) in [7, 11) is 0. The molecule has 0 radical (unpaired) electrons. The van der Waals surface area contributed by atoms with Gasteiger partial charge >= 0.3 is 0 Å². The van der Waals surface area contributed by atoms with Gasteiger partial charge in [-0.1, -0.05) is 23.4 Å². The third kappa shape index (κ3) is 4.24. The highest BCUT2D eigenvalue weighted by molar-refractivity contribution is 5.78. The van der Waals surface area contributed by atoms with Crippen LogP contribution in [0.4, 0.5) is 4.39 Å². The van der Waals surface area contributed by atoms with Gasteiger partial charge in [-0.2, -0.15) is 4.98 Å². The van der Waals surface area contributed by atoms with Crippen LogP contribution in [-0.2, 0) is 4.79 Å². The molecule has 0 atom stereocenters. The number of ether oxygens (including phenoxy) is 1. The molecule has 1 aromatic heterocycles. The molecule has 2 aromatic carbocycles. The predicted octanol–water partition coefficient (Wildman–Crippen LogP) is 3.45. The van der Waals surface area contributed by atoms with Gasteiger partial charge in [0.2, 0.25) is 5.82 Å². The number of para-hydroxylation sites is 1. The van der Waals surface area contributed by atoms with Crippen molar-refractivity contribution >= 4 is 5.91 Å². The summed E-state index contributed by atoms with van der Waals surface area (Å²) in [5, 5.41) is 6.69. The van der Waals surface area contributed by atoms with Crippen LogP contribution in [0.15, 0.2) is 53.1 Å². The highest BCUT2D eigenvalue weighted by Gasteiger charge is 2.15. The van der Waals surface area contributed by atoms with Gasteiger partial charge in [0.25, 0.3) is 11.8 Å². The van der Waals surface area contributed by atoms with Crippen molar-refractivity contribution in [3.05, 3.63) is 54.3 Å². The van der Waals surface area contributed by atoms with Crippen LogP contribution in [0.5, 0.6) is 5.75 Å². The molecule has 1 amide bonds. The van der Waals surface area contributed by atoms with Crippen LogP contribution < -0.4 is 10.1 Å². The standard InChI is InChI=1S/C19H18FN3O3/c1-12(2)21-17(24)11-25-16-9-4-3-8-15(16)18-22-19(26-23-18)13-6-5-7-14(20)10-13/h3-10,12H,11H2,1-2H3,(H,21,24). The van der Waals surface area contributed by atoms with Crippen LogP contribution in [0.2, 0.25) is 0 Å². The second-order valence-electron chi connectivity index (χ2n) is 5.94. The topological polar surface area (TPSA) is 77.2 Å². The predicted molar refractivity (Wildman–Crippen MR) is 93.9 cm³/mol. The highest BCUT2D eigenvalue weighted by atomic mass is 19.1. The van der Waals surface area contributed by atoms with Crippen molar-refractivity contribution in [3.63, 3.8) is 0 Å². The van der Waals surface area contributed by atoms with Gasteiger partial charge in [0.1, 0.15) is 11.6 Å². The molecular formula is C19H18FN3O3. The van der Waals surface area contributed by atoms with Crippen LogP contribution in [-0.4, -0.2) is 28.7 Å². The zero-order valence-electron chi connectivity index (χ0n) is 14.4. The molecule has 0 fully saturated rings. The highest BCUT2D eigenvalue weighted by Crippen LogP contribution is 2.29. The minimum absolute atomic E-state index is 0.0346. The largest absolute Gasteiger partial charge is 0.483 e. The van der Waals surface area contributed by atoms with Gasteiger partial charge < -0.3 is 14.6 Å². The summed E-state index contributed by atoms with van der Waals surface area (Å²) in [4.78, 5) is 16.1. The van der Waals surface area contributed by atoms with Crippen LogP contribution in [0.3, 0.4) is 0 Å². The Labute approximate surface area is 150 Å². The SMILES string of the molecule is CC(C)NC(=O)COc1ccccc1-c1noc(-c2cccc(F)c2)n1. The fourth-order valence-corrected chi connectivity index (χ4v) is 2.36. The Morgan fingerprint density at radius 1 is 1.23 bits per heavy atom. The number of carbonyl (C=O) groups is 1. The summed E-state index contributed by atoms with van der Waals surface area (Å²) in [5.41, 5.74) is 1.06. The Bertz CT molecular complexity index is 908. The molecular weight excluding hydrogens is 337 g/mol. The minimum atomic E-state index is -0.387. The van der Waals surface area contributed by atoms with Crippen LogP contribution >= 0.6 is 0 Å². The Kier molecular flexibility index (Phi) is 5.26. The van der Waals surface area contributed by atoms with E-state index in [1.165, 1.54) is 12.1 Å². The molecule has 0 spiro atoms. The lowest BCUT2D eigenvalue weighted by Gasteiger charge is -2.11. The van der Waals surface area contributed by atoms with Crippen molar-refractivity contribution in [2.75, 3.05) is 6.61 Å². The molecule has 134 valence electrons. The molecule has 1 N–H and O–H groups in total. The second-order valence-corrected chi connectivity index (χ2v) is 5.94. The monoisotopic (exact) mass is 355 g/mol.